The molecule has 1 aliphatic heterocycles. The number of hydrogen-bond acceptors (Lipinski definition) is 4. The molecule has 3 aromatic heterocycles. The highest BCUT2D eigenvalue weighted by Gasteiger charge is 2.26. The van der Waals surface area contributed by atoms with E-state index in [1.54, 1.807) is 0 Å². The Balaban J connectivity index is 1.24. The summed E-state index contributed by atoms with van der Waals surface area (Å²) in [5.74, 6) is 1.65. The molecule has 0 spiro atoms. The van der Waals surface area contributed by atoms with E-state index < -0.39 is 0 Å². The van der Waals surface area contributed by atoms with Gasteiger partial charge in [0.15, 0.2) is 5.65 Å². The number of aryl methyl sites for hydroxylation is 2. The first kappa shape index (κ1) is 21.4. The summed E-state index contributed by atoms with van der Waals surface area (Å²) < 4.78 is 3.92. The van der Waals surface area contributed by atoms with Crippen molar-refractivity contribution in [2.24, 2.45) is 5.92 Å². The number of likely N-dealkylation sites (tertiary alicyclic amines) is 1. The highest BCUT2D eigenvalue weighted by atomic mass is 16.2. The second-order valence-electron chi connectivity index (χ2n) is 9.11. The van der Waals surface area contributed by atoms with Gasteiger partial charge in [-0.05, 0) is 69.2 Å². The van der Waals surface area contributed by atoms with Crippen molar-refractivity contribution in [1.29, 1.82) is 0 Å². The summed E-state index contributed by atoms with van der Waals surface area (Å²) in [4.78, 5) is 15.0. The lowest BCUT2D eigenvalue weighted by atomic mass is 9.99. The Bertz CT molecular complexity index is 1290. The quantitative estimate of drug-likeness (QED) is 0.455. The molecule has 0 aliphatic carbocycles. The zero-order chi connectivity index (χ0) is 22.9. The van der Waals surface area contributed by atoms with Crippen LogP contribution in [0.4, 0.5) is 0 Å². The monoisotopic (exact) mass is 442 g/mol. The smallest absolute Gasteiger partial charge is 0.222 e. The lowest BCUT2D eigenvalue weighted by Gasteiger charge is -2.17. The highest BCUT2D eigenvalue weighted by Crippen LogP contribution is 2.24. The Morgan fingerprint density at radius 2 is 1.88 bits per heavy atom. The number of pyridine rings is 1. The molecular weight excluding hydrogens is 412 g/mol. The molecule has 0 radical (unpaired) electrons. The van der Waals surface area contributed by atoms with Crippen LogP contribution in [-0.4, -0.2) is 48.3 Å². The number of aromatic nitrogens is 5. The first-order chi connectivity index (χ1) is 16.0. The van der Waals surface area contributed by atoms with Crippen molar-refractivity contribution in [3.63, 3.8) is 0 Å². The molecular formula is C26H30N6O. The van der Waals surface area contributed by atoms with Gasteiger partial charge in [0.25, 0.3) is 0 Å². The van der Waals surface area contributed by atoms with Crippen molar-refractivity contribution in [3.8, 4) is 5.69 Å². The van der Waals surface area contributed by atoms with Gasteiger partial charge in [0.2, 0.25) is 5.91 Å². The van der Waals surface area contributed by atoms with Gasteiger partial charge in [0, 0.05) is 31.4 Å². The van der Waals surface area contributed by atoms with Crippen molar-refractivity contribution < 1.29 is 4.79 Å². The molecule has 7 heteroatoms. The van der Waals surface area contributed by atoms with Gasteiger partial charge < -0.3 is 4.90 Å². The second kappa shape index (κ2) is 8.81. The summed E-state index contributed by atoms with van der Waals surface area (Å²) in [6.45, 7) is 7.77. The van der Waals surface area contributed by atoms with Crippen LogP contribution in [0.15, 0.2) is 48.7 Å². The second-order valence-corrected chi connectivity index (χ2v) is 9.11. The minimum atomic E-state index is 0.249. The fourth-order valence-electron chi connectivity index (χ4n) is 4.97. The van der Waals surface area contributed by atoms with Crippen LogP contribution >= 0.6 is 0 Å². The van der Waals surface area contributed by atoms with Crippen LogP contribution < -0.4 is 0 Å². The number of nitrogens with zero attached hydrogens (tertiary/aromatic N) is 6. The molecule has 1 unspecified atom stereocenters. The van der Waals surface area contributed by atoms with Gasteiger partial charge in [0.05, 0.1) is 11.4 Å². The molecule has 4 heterocycles. The van der Waals surface area contributed by atoms with E-state index in [1.807, 2.05) is 52.2 Å². The molecule has 4 aromatic rings. The summed E-state index contributed by atoms with van der Waals surface area (Å²) in [5, 5.41) is 13.1. The lowest BCUT2D eigenvalue weighted by Crippen LogP contribution is -2.29. The van der Waals surface area contributed by atoms with Crippen LogP contribution in [0.2, 0.25) is 0 Å². The third kappa shape index (κ3) is 4.27. The average Bonchev–Trinajstić information content (AvgIpc) is 3.51. The number of amides is 1. The first-order valence-corrected chi connectivity index (χ1v) is 11.7. The molecule has 1 saturated heterocycles. The molecule has 170 valence electrons. The summed E-state index contributed by atoms with van der Waals surface area (Å²) >= 11 is 0. The van der Waals surface area contributed by atoms with Crippen LogP contribution in [0.3, 0.4) is 0 Å². The molecule has 5 rings (SSSR count). The predicted octanol–water partition coefficient (Wildman–Crippen LogP) is 3.86. The van der Waals surface area contributed by atoms with Gasteiger partial charge in [-0.2, -0.15) is 5.10 Å². The fraction of sp³-hybridized carbons (Fsp3) is 0.385. The van der Waals surface area contributed by atoms with E-state index in [9.17, 15) is 4.79 Å². The largest absolute Gasteiger partial charge is 0.342 e. The summed E-state index contributed by atoms with van der Waals surface area (Å²) in [6, 6.07) is 14.5. The maximum atomic E-state index is 13.0. The molecule has 33 heavy (non-hydrogen) atoms. The Labute approximate surface area is 194 Å². The zero-order valence-corrected chi connectivity index (χ0v) is 19.5. The highest BCUT2D eigenvalue weighted by molar-refractivity contribution is 5.76. The average molecular weight is 443 g/mol. The van der Waals surface area contributed by atoms with Crippen LogP contribution in [0, 0.1) is 26.7 Å². The van der Waals surface area contributed by atoms with Crippen LogP contribution in [-0.2, 0) is 17.6 Å². The summed E-state index contributed by atoms with van der Waals surface area (Å²) in [5.41, 5.74) is 6.35. The van der Waals surface area contributed by atoms with E-state index in [2.05, 4.69) is 41.4 Å². The van der Waals surface area contributed by atoms with Crippen molar-refractivity contribution >= 4 is 11.6 Å². The fourth-order valence-corrected chi connectivity index (χ4v) is 4.97. The van der Waals surface area contributed by atoms with Gasteiger partial charge in [-0.3, -0.25) is 9.20 Å². The third-order valence-electron chi connectivity index (χ3n) is 6.84. The maximum Gasteiger partial charge on any atom is 0.222 e. The molecule has 1 atom stereocenters. The first-order valence-electron chi connectivity index (χ1n) is 11.7. The van der Waals surface area contributed by atoms with E-state index in [4.69, 9.17) is 5.10 Å². The standard InChI is InChI=1S/C26H30N6O/c1-18-24(19(2)32(29-18)23-9-11-25-28-27-20(3)31(25)17-23)10-12-26(33)30-14-13-22(16-30)15-21-7-5-4-6-8-21/h4-9,11,17,22H,10,12-16H2,1-3H3. The topological polar surface area (TPSA) is 68.3 Å². The number of carbonyl (C=O) groups excluding carboxylic acids is 1. The van der Waals surface area contributed by atoms with Crippen molar-refractivity contribution in [2.75, 3.05) is 13.1 Å². The minimum absolute atomic E-state index is 0.249. The third-order valence-corrected chi connectivity index (χ3v) is 6.84. The van der Waals surface area contributed by atoms with E-state index in [1.165, 1.54) is 5.56 Å². The van der Waals surface area contributed by atoms with Crippen LogP contribution in [0.1, 0.15) is 41.2 Å². The molecule has 0 saturated carbocycles. The van der Waals surface area contributed by atoms with E-state index in [0.29, 0.717) is 18.8 Å². The van der Waals surface area contributed by atoms with E-state index >= 15 is 0 Å². The summed E-state index contributed by atoms with van der Waals surface area (Å²) in [7, 11) is 0. The van der Waals surface area contributed by atoms with Crippen LogP contribution in [0.25, 0.3) is 11.3 Å². The Kier molecular flexibility index (Phi) is 5.70. The van der Waals surface area contributed by atoms with E-state index in [0.717, 1.165) is 60.0 Å². The number of rotatable bonds is 6. The maximum absolute atomic E-state index is 13.0. The molecule has 0 N–H and O–H groups in total. The normalized spacial score (nSPS) is 16.1. The van der Waals surface area contributed by atoms with Crippen LogP contribution in [0.5, 0.6) is 0 Å². The number of fused-ring (bicyclic) bond motifs is 1. The van der Waals surface area contributed by atoms with Crippen molar-refractivity contribution in [2.45, 2.75) is 46.5 Å². The van der Waals surface area contributed by atoms with E-state index in [-0.39, 0.29) is 5.91 Å². The molecule has 1 amide bonds. The van der Waals surface area contributed by atoms with Gasteiger partial charge in [-0.25, -0.2) is 4.68 Å². The number of carbonyl (C=O) groups is 1. The van der Waals surface area contributed by atoms with Crippen molar-refractivity contribution in [3.05, 3.63) is 77.0 Å². The summed E-state index contributed by atoms with van der Waals surface area (Å²) in [6.07, 6.45) is 5.38. The Hall–Kier alpha value is -3.48. The lowest BCUT2D eigenvalue weighted by molar-refractivity contribution is -0.130. The molecule has 1 aliphatic rings. The Morgan fingerprint density at radius 1 is 1.06 bits per heavy atom. The Morgan fingerprint density at radius 3 is 2.70 bits per heavy atom. The van der Waals surface area contributed by atoms with Gasteiger partial charge >= 0.3 is 0 Å². The SMILES string of the molecule is Cc1nn(-c2ccc3nnc(C)n3c2)c(C)c1CCC(=O)N1CCC(Cc2ccccc2)C1. The zero-order valence-electron chi connectivity index (χ0n) is 19.5. The van der Waals surface area contributed by atoms with Crippen molar-refractivity contribution in [1.82, 2.24) is 29.3 Å². The number of hydrogen-bond donors (Lipinski definition) is 0. The predicted molar refractivity (Wildman–Crippen MR) is 127 cm³/mol. The molecule has 0 bridgehead atoms. The minimum Gasteiger partial charge on any atom is -0.342 e. The molecule has 1 aromatic carbocycles. The van der Waals surface area contributed by atoms with Gasteiger partial charge in [-0.15, -0.1) is 10.2 Å². The van der Waals surface area contributed by atoms with Gasteiger partial charge in [0.1, 0.15) is 5.82 Å². The molecule has 1 fully saturated rings. The van der Waals surface area contributed by atoms with Gasteiger partial charge in [-0.1, -0.05) is 30.3 Å². The molecule has 7 nitrogen and oxygen atoms in total. The number of benzene rings is 1.